The molecule has 1 aromatic rings. The van der Waals surface area contributed by atoms with Crippen LogP contribution in [-0.2, 0) is 6.42 Å². The number of ether oxygens (including phenoxy) is 2. The van der Waals surface area contributed by atoms with Crippen molar-refractivity contribution < 1.29 is 9.47 Å². The Morgan fingerprint density at radius 3 is 2.85 bits per heavy atom. The van der Waals surface area contributed by atoms with Gasteiger partial charge in [-0.1, -0.05) is 13.0 Å². The summed E-state index contributed by atoms with van der Waals surface area (Å²) in [7, 11) is 0. The van der Waals surface area contributed by atoms with Crippen molar-refractivity contribution >= 4 is 5.96 Å². The number of rotatable bonds is 6. The average molecular weight is 277 g/mol. The third-order valence-electron chi connectivity index (χ3n) is 2.98. The third-order valence-corrected chi connectivity index (χ3v) is 2.98. The smallest absolute Gasteiger partial charge is 0.231 e. The molecule has 0 radical (unpaired) electrons. The summed E-state index contributed by atoms with van der Waals surface area (Å²) >= 11 is 0. The number of guanidine groups is 1. The van der Waals surface area contributed by atoms with Crippen molar-refractivity contribution in [2.24, 2.45) is 4.99 Å². The summed E-state index contributed by atoms with van der Waals surface area (Å²) in [4.78, 5) is 4.47. The highest BCUT2D eigenvalue weighted by molar-refractivity contribution is 5.79. The van der Waals surface area contributed by atoms with Crippen LogP contribution in [0, 0.1) is 0 Å². The van der Waals surface area contributed by atoms with E-state index < -0.39 is 0 Å². The molecule has 2 rings (SSSR count). The van der Waals surface area contributed by atoms with Crippen LogP contribution in [-0.4, -0.2) is 32.4 Å². The molecule has 0 amide bonds. The van der Waals surface area contributed by atoms with Gasteiger partial charge in [0.15, 0.2) is 17.5 Å². The minimum atomic E-state index is 0.325. The quantitative estimate of drug-likeness (QED) is 0.616. The molecular formula is C15H23N3O2. The van der Waals surface area contributed by atoms with Gasteiger partial charge in [0, 0.05) is 19.6 Å². The summed E-state index contributed by atoms with van der Waals surface area (Å²) in [5, 5.41) is 6.58. The van der Waals surface area contributed by atoms with E-state index in [0.717, 1.165) is 49.9 Å². The number of nitrogens with one attached hydrogen (secondary N) is 2. The lowest BCUT2D eigenvalue weighted by atomic mass is 10.1. The molecule has 20 heavy (non-hydrogen) atoms. The zero-order chi connectivity index (χ0) is 14.2. The predicted molar refractivity (Wildman–Crippen MR) is 80.5 cm³/mol. The van der Waals surface area contributed by atoms with Gasteiger partial charge >= 0.3 is 0 Å². The molecule has 1 aliphatic heterocycles. The second-order valence-electron chi connectivity index (χ2n) is 4.63. The Kier molecular flexibility index (Phi) is 5.53. The van der Waals surface area contributed by atoms with Gasteiger partial charge in [0.2, 0.25) is 6.79 Å². The monoisotopic (exact) mass is 277 g/mol. The Morgan fingerprint density at radius 2 is 2.05 bits per heavy atom. The lowest BCUT2D eigenvalue weighted by Crippen LogP contribution is -2.38. The lowest BCUT2D eigenvalue weighted by Gasteiger charge is -2.11. The van der Waals surface area contributed by atoms with Crippen LogP contribution < -0.4 is 20.1 Å². The highest BCUT2D eigenvalue weighted by Crippen LogP contribution is 2.32. The van der Waals surface area contributed by atoms with E-state index in [2.05, 4.69) is 35.5 Å². The average Bonchev–Trinajstić information content (AvgIpc) is 2.92. The summed E-state index contributed by atoms with van der Waals surface area (Å²) < 4.78 is 10.7. The zero-order valence-electron chi connectivity index (χ0n) is 12.2. The Balaban J connectivity index is 1.82. The fourth-order valence-electron chi connectivity index (χ4n) is 1.99. The molecule has 0 atom stereocenters. The van der Waals surface area contributed by atoms with Crippen LogP contribution in [0.2, 0.25) is 0 Å². The first kappa shape index (κ1) is 14.5. The van der Waals surface area contributed by atoms with E-state index in [0.29, 0.717) is 6.79 Å². The molecule has 5 nitrogen and oxygen atoms in total. The van der Waals surface area contributed by atoms with E-state index in [9.17, 15) is 0 Å². The zero-order valence-corrected chi connectivity index (χ0v) is 12.2. The summed E-state index contributed by atoms with van der Waals surface area (Å²) in [5.41, 5.74) is 1.23. The number of hydrogen-bond acceptors (Lipinski definition) is 3. The van der Waals surface area contributed by atoms with Gasteiger partial charge in [0.05, 0.1) is 0 Å². The Morgan fingerprint density at radius 1 is 1.20 bits per heavy atom. The molecule has 1 heterocycles. The second kappa shape index (κ2) is 7.62. The van der Waals surface area contributed by atoms with Crippen LogP contribution in [0.25, 0.3) is 0 Å². The Labute approximate surface area is 120 Å². The Hall–Kier alpha value is -1.91. The highest BCUT2D eigenvalue weighted by Gasteiger charge is 2.12. The molecule has 2 N–H and O–H groups in total. The molecular weight excluding hydrogens is 254 g/mol. The van der Waals surface area contributed by atoms with Gasteiger partial charge in [-0.05, 0) is 37.5 Å². The van der Waals surface area contributed by atoms with Crippen molar-refractivity contribution in [1.29, 1.82) is 0 Å². The fraction of sp³-hybridized carbons (Fsp3) is 0.533. The molecule has 1 aliphatic rings. The second-order valence-corrected chi connectivity index (χ2v) is 4.63. The molecule has 0 aliphatic carbocycles. The number of fused-ring (bicyclic) bond motifs is 1. The maximum Gasteiger partial charge on any atom is 0.231 e. The van der Waals surface area contributed by atoms with Crippen molar-refractivity contribution in [2.75, 3.05) is 26.4 Å². The Bertz CT molecular complexity index is 460. The van der Waals surface area contributed by atoms with Gasteiger partial charge in [0.25, 0.3) is 0 Å². The van der Waals surface area contributed by atoms with E-state index in [1.807, 2.05) is 12.1 Å². The van der Waals surface area contributed by atoms with E-state index in [-0.39, 0.29) is 0 Å². The number of nitrogens with zero attached hydrogens (tertiary/aromatic N) is 1. The number of benzene rings is 1. The van der Waals surface area contributed by atoms with Gasteiger partial charge in [0.1, 0.15) is 0 Å². The maximum atomic E-state index is 5.38. The van der Waals surface area contributed by atoms with Crippen molar-refractivity contribution in [3.8, 4) is 11.5 Å². The summed E-state index contributed by atoms with van der Waals surface area (Å²) in [6.45, 7) is 7.08. The predicted octanol–water partition coefficient (Wildman–Crippen LogP) is 1.92. The van der Waals surface area contributed by atoms with Gasteiger partial charge in [-0.15, -0.1) is 0 Å². The largest absolute Gasteiger partial charge is 0.454 e. The molecule has 0 spiro atoms. The minimum absolute atomic E-state index is 0.325. The highest BCUT2D eigenvalue weighted by atomic mass is 16.7. The van der Waals surface area contributed by atoms with Gasteiger partial charge in [-0.2, -0.15) is 0 Å². The standard InChI is InChI=1S/C15H23N3O2/c1-3-8-17-15(16-4-2)18-9-7-12-5-6-13-14(10-12)20-11-19-13/h5-6,10H,3-4,7-9,11H2,1-2H3,(H2,16,17,18). The molecule has 5 heteroatoms. The molecule has 0 bridgehead atoms. The summed E-state index contributed by atoms with van der Waals surface area (Å²) in [6.07, 6.45) is 1.98. The van der Waals surface area contributed by atoms with Crippen molar-refractivity contribution in [2.45, 2.75) is 26.7 Å². The van der Waals surface area contributed by atoms with Gasteiger partial charge < -0.3 is 20.1 Å². The van der Waals surface area contributed by atoms with Crippen molar-refractivity contribution in [3.63, 3.8) is 0 Å². The topological polar surface area (TPSA) is 54.9 Å². The van der Waals surface area contributed by atoms with E-state index >= 15 is 0 Å². The van der Waals surface area contributed by atoms with Crippen LogP contribution in [0.15, 0.2) is 23.2 Å². The lowest BCUT2D eigenvalue weighted by molar-refractivity contribution is 0.174. The third kappa shape index (κ3) is 4.05. The van der Waals surface area contributed by atoms with Crippen LogP contribution in [0.1, 0.15) is 25.8 Å². The van der Waals surface area contributed by atoms with E-state index in [1.54, 1.807) is 0 Å². The van der Waals surface area contributed by atoms with Crippen LogP contribution in [0.3, 0.4) is 0 Å². The first-order chi connectivity index (χ1) is 9.83. The van der Waals surface area contributed by atoms with Crippen LogP contribution in [0.4, 0.5) is 0 Å². The molecule has 0 saturated heterocycles. The molecule has 1 aromatic carbocycles. The first-order valence-corrected chi connectivity index (χ1v) is 7.24. The number of aliphatic imine (C=N–C) groups is 1. The summed E-state index contributed by atoms with van der Waals surface area (Å²) in [6, 6.07) is 6.08. The SMILES string of the molecule is CCCN=C(NCC)NCCc1ccc2c(c1)OCO2. The number of hydrogen-bond donors (Lipinski definition) is 2. The van der Waals surface area contributed by atoms with Crippen molar-refractivity contribution in [1.82, 2.24) is 10.6 Å². The molecule has 0 fully saturated rings. The molecule has 0 unspecified atom stereocenters. The van der Waals surface area contributed by atoms with Crippen LogP contribution >= 0.6 is 0 Å². The minimum Gasteiger partial charge on any atom is -0.454 e. The first-order valence-electron chi connectivity index (χ1n) is 7.24. The summed E-state index contributed by atoms with van der Waals surface area (Å²) in [5.74, 6) is 2.56. The maximum absolute atomic E-state index is 5.38. The molecule has 0 saturated carbocycles. The van der Waals surface area contributed by atoms with Crippen molar-refractivity contribution in [3.05, 3.63) is 23.8 Å². The fourth-order valence-corrected chi connectivity index (χ4v) is 1.99. The normalized spacial score (nSPS) is 13.4. The molecule has 110 valence electrons. The van der Waals surface area contributed by atoms with Crippen LogP contribution in [0.5, 0.6) is 11.5 Å². The van der Waals surface area contributed by atoms with Gasteiger partial charge in [-0.3, -0.25) is 4.99 Å². The van der Waals surface area contributed by atoms with E-state index in [4.69, 9.17) is 9.47 Å². The molecule has 0 aromatic heterocycles. The van der Waals surface area contributed by atoms with E-state index in [1.165, 1.54) is 5.56 Å². The van der Waals surface area contributed by atoms with Gasteiger partial charge in [-0.25, -0.2) is 0 Å².